The van der Waals surface area contributed by atoms with Gasteiger partial charge in [-0.1, -0.05) is 60.4 Å². The Labute approximate surface area is 132 Å². The lowest BCUT2D eigenvalue weighted by Gasteiger charge is -2.04. The molecule has 2 aromatic carbocycles. The molecule has 0 aliphatic carbocycles. The van der Waals surface area contributed by atoms with E-state index in [9.17, 15) is 4.79 Å². The van der Waals surface area contributed by atoms with Gasteiger partial charge in [0.2, 0.25) is 0 Å². The molecular weight excluding hydrogens is 272 g/mol. The van der Waals surface area contributed by atoms with Crippen molar-refractivity contribution in [3.05, 3.63) is 71.8 Å². The highest BCUT2D eigenvalue weighted by atomic mass is 16.5. The van der Waals surface area contributed by atoms with Crippen molar-refractivity contribution in [3.8, 4) is 11.8 Å². The fourth-order valence-corrected chi connectivity index (χ4v) is 1.98. The van der Waals surface area contributed by atoms with E-state index >= 15 is 0 Å². The van der Waals surface area contributed by atoms with Gasteiger partial charge in [0, 0.05) is 18.4 Å². The molecule has 0 radical (unpaired) electrons. The highest BCUT2D eigenvalue weighted by molar-refractivity contribution is 5.69. The molecule has 2 heteroatoms. The molecule has 0 unspecified atom stereocenters. The minimum absolute atomic E-state index is 0.139. The van der Waals surface area contributed by atoms with E-state index in [0.29, 0.717) is 13.0 Å². The zero-order valence-electron chi connectivity index (χ0n) is 12.6. The monoisotopic (exact) mass is 292 g/mol. The lowest BCUT2D eigenvalue weighted by atomic mass is 10.2. The lowest BCUT2D eigenvalue weighted by Crippen LogP contribution is -2.04. The van der Waals surface area contributed by atoms with Gasteiger partial charge in [0.25, 0.3) is 0 Å². The van der Waals surface area contributed by atoms with Gasteiger partial charge in [-0.15, -0.1) is 0 Å². The Morgan fingerprint density at radius 1 is 0.909 bits per heavy atom. The van der Waals surface area contributed by atoms with Crippen LogP contribution in [0.15, 0.2) is 60.7 Å². The lowest BCUT2D eigenvalue weighted by molar-refractivity contribution is -0.145. The second-order valence-corrected chi connectivity index (χ2v) is 5.02. The molecule has 0 fully saturated rings. The second kappa shape index (κ2) is 9.41. The molecular formula is C20H20O2. The number of esters is 1. The smallest absolute Gasteiger partial charge is 0.306 e. The summed E-state index contributed by atoms with van der Waals surface area (Å²) in [5.74, 6) is 6.11. The van der Waals surface area contributed by atoms with Gasteiger partial charge in [0.15, 0.2) is 0 Å². The number of carbonyl (C=O) groups is 1. The largest absolute Gasteiger partial charge is 0.461 e. The molecule has 0 aromatic heterocycles. The summed E-state index contributed by atoms with van der Waals surface area (Å²) in [5.41, 5.74) is 2.05. The summed E-state index contributed by atoms with van der Waals surface area (Å²) < 4.78 is 5.23. The Morgan fingerprint density at radius 3 is 2.32 bits per heavy atom. The van der Waals surface area contributed by atoms with Crippen LogP contribution in [-0.2, 0) is 16.1 Å². The van der Waals surface area contributed by atoms with E-state index in [1.807, 2.05) is 60.7 Å². The Hall–Kier alpha value is -2.53. The fraction of sp³-hybridized carbons (Fsp3) is 0.250. The van der Waals surface area contributed by atoms with Crippen LogP contribution in [0.3, 0.4) is 0 Å². The van der Waals surface area contributed by atoms with E-state index < -0.39 is 0 Å². The SMILES string of the molecule is O=C(CCCCC#Cc1ccccc1)OCc1ccccc1. The van der Waals surface area contributed by atoms with Crippen molar-refractivity contribution in [2.24, 2.45) is 0 Å². The van der Waals surface area contributed by atoms with Gasteiger partial charge in [0.05, 0.1) is 0 Å². The van der Waals surface area contributed by atoms with Crippen molar-refractivity contribution in [3.63, 3.8) is 0 Å². The average Bonchev–Trinajstić information content (AvgIpc) is 2.58. The molecule has 22 heavy (non-hydrogen) atoms. The first-order chi connectivity index (χ1) is 10.8. The Bertz CT molecular complexity index is 621. The van der Waals surface area contributed by atoms with Crippen LogP contribution in [0.5, 0.6) is 0 Å². The fourth-order valence-electron chi connectivity index (χ4n) is 1.98. The van der Waals surface area contributed by atoms with Crippen LogP contribution in [0.4, 0.5) is 0 Å². The maximum atomic E-state index is 11.6. The third-order valence-electron chi connectivity index (χ3n) is 3.18. The molecule has 0 N–H and O–H groups in total. The molecule has 0 heterocycles. The summed E-state index contributed by atoms with van der Waals surface area (Å²) in [4.78, 5) is 11.6. The predicted octanol–water partition coefficient (Wildman–Crippen LogP) is 4.34. The molecule has 0 bridgehead atoms. The Morgan fingerprint density at radius 2 is 1.59 bits per heavy atom. The summed E-state index contributed by atoms with van der Waals surface area (Å²) in [6.45, 7) is 0.355. The Kier molecular flexibility index (Phi) is 6.78. The number of ether oxygens (including phenoxy) is 1. The number of hydrogen-bond donors (Lipinski definition) is 0. The van der Waals surface area contributed by atoms with Gasteiger partial charge < -0.3 is 4.74 Å². The third kappa shape index (κ3) is 6.28. The summed E-state index contributed by atoms with van der Waals surface area (Å²) in [7, 11) is 0. The summed E-state index contributed by atoms with van der Waals surface area (Å²) >= 11 is 0. The molecule has 0 aliphatic heterocycles. The topological polar surface area (TPSA) is 26.3 Å². The van der Waals surface area contributed by atoms with Gasteiger partial charge in [-0.25, -0.2) is 0 Å². The van der Waals surface area contributed by atoms with Gasteiger partial charge in [-0.2, -0.15) is 0 Å². The molecule has 0 aliphatic rings. The van der Waals surface area contributed by atoms with E-state index in [1.165, 1.54) is 0 Å². The standard InChI is InChI=1S/C20H20O2/c21-20(22-17-19-14-8-4-9-15-19)16-10-2-1-5-11-18-12-6-3-7-13-18/h3-4,6-9,12-15H,1-2,10,16-17H2. The molecule has 2 rings (SSSR count). The van der Waals surface area contributed by atoms with Crippen molar-refractivity contribution < 1.29 is 9.53 Å². The van der Waals surface area contributed by atoms with E-state index in [2.05, 4.69) is 11.8 Å². The maximum absolute atomic E-state index is 11.6. The van der Waals surface area contributed by atoms with Crippen LogP contribution in [0.25, 0.3) is 0 Å². The van der Waals surface area contributed by atoms with Crippen LogP contribution in [0, 0.1) is 11.8 Å². The van der Waals surface area contributed by atoms with Gasteiger partial charge >= 0.3 is 5.97 Å². The van der Waals surface area contributed by atoms with Crippen molar-refractivity contribution in [2.75, 3.05) is 0 Å². The zero-order valence-corrected chi connectivity index (χ0v) is 12.6. The number of hydrogen-bond acceptors (Lipinski definition) is 2. The maximum Gasteiger partial charge on any atom is 0.306 e. The van der Waals surface area contributed by atoms with E-state index in [0.717, 1.165) is 30.4 Å². The number of benzene rings is 2. The molecule has 0 saturated heterocycles. The summed E-state index contributed by atoms with van der Waals surface area (Å²) in [6, 6.07) is 19.7. The van der Waals surface area contributed by atoms with Crippen molar-refractivity contribution in [1.82, 2.24) is 0 Å². The predicted molar refractivity (Wildman–Crippen MR) is 88.0 cm³/mol. The number of carbonyl (C=O) groups excluding carboxylic acids is 1. The van der Waals surface area contributed by atoms with Gasteiger partial charge in [-0.05, 0) is 30.5 Å². The minimum Gasteiger partial charge on any atom is -0.461 e. The number of rotatable bonds is 6. The number of unbranched alkanes of at least 4 members (excludes halogenated alkanes) is 2. The van der Waals surface area contributed by atoms with Crippen molar-refractivity contribution in [2.45, 2.75) is 32.3 Å². The third-order valence-corrected chi connectivity index (χ3v) is 3.18. The van der Waals surface area contributed by atoms with E-state index in [1.54, 1.807) is 0 Å². The first kappa shape index (κ1) is 15.9. The molecule has 0 atom stereocenters. The molecule has 2 nitrogen and oxygen atoms in total. The van der Waals surface area contributed by atoms with Crippen LogP contribution < -0.4 is 0 Å². The van der Waals surface area contributed by atoms with Crippen molar-refractivity contribution >= 4 is 5.97 Å². The highest BCUT2D eigenvalue weighted by Gasteiger charge is 2.02. The van der Waals surface area contributed by atoms with E-state index in [-0.39, 0.29) is 5.97 Å². The first-order valence-electron chi connectivity index (χ1n) is 7.58. The van der Waals surface area contributed by atoms with E-state index in [4.69, 9.17) is 4.74 Å². The second-order valence-electron chi connectivity index (χ2n) is 5.02. The quantitative estimate of drug-likeness (QED) is 0.450. The van der Waals surface area contributed by atoms with Crippen LogP contribution in [0.1, 0.15) is 36.8 Å². The molecule has 0 spiro atoms. The molecule has 2 aromatic rings. The van der Waals surface area contributed by atoms with Gasteiger partial charge in [-0.3, -0.25) is 4.79 Å². The zero-order chi connectivity index (χ0) is 15.5. The van der Waals surface area contributed by atoms with Crippen LogP contribution >= 0.6 is 0 Å². The molecule has 0 amide bonds. The molecule has 0 saturated carbocycles. The average molecular weight is 292 g/mol. The van der Waals surface area contributed by atoms with Crippen molar-refractivity contribution in [1.29, 1.82) is 0 Å². The van der Waals surface area contributed by atoms with Crippen LogP contribution in [0.2, 0.25) is 0 Å². The Balaban J connectivity index is 1.57. The first-order valence-corrected chi connectivity index (χ1v) is 7.58. The highest BCUT2D eigenvalue weighted by Crippen LogP contribution is 2.05. The summed E-state index contributed by atoms with van der Waals surface area (Å²) in [5, 5.41) is 0. The minimum atomic E-state index is -0.139. The van der Waals surface area contributed by atoms with Crippen LogP contribution in [-0.4, -0.2) is 5.97 Å². The normalized spacial score (nSPS) is 9.64. The summed E-state index contributed by atoms with van der Waals surface area (Å²) in [6.07, 6.45) is 3.00. The molecule has 112 valence electrons. The van der Waals surface area contributed by atoms with Gasteiger partial charge in [0.1, 0.15) is 6.61 Å².